The van der Waals surface area contributed by atoms with Gasteiger partial charge in [0.1, 0.15) is 10.6 Å². The van der Waals surface area contributed by atoms with E-state index < -0.39 is 20.0 Å². The van der Waals surface area contributed by atoms with Crippen molar-refractivity contribution in [2.24, 2.45) is 0 Å². The van der Waals surface area contributed by atoms with Gasteiger partial charge in [0, 0.05) is 0 Å². The van der Waals surface area contributed by atoms with E-state index >= 15 is 0 Å². The van der Waals surface area contributed by atoms with Gasteiger partial charge in [0.2, 0.25) is 0 Å². The van der Waals surface area contributed by atoms with E-state index in [-0.39, 0.29) is 26.2 Å². The molecule has 2 N–H and O–H groups in total. The van der Waals surface area contributed by atoms with Crippen molar-refractivity contribution in [2.45, 2.75) is 9.79 Å². The molecule has 0 saturated carbocycles. The van der Waals surface area contributed by atoms with Crippen LogP contribution < -0.4 is 14.2 Å². The lowest BCUT2D eigenvalue weighted by molar-refractivity contribution is 0.417. The molecule has 0 spiro atoms. The predicted molar refractivity (Wildman–Crippen MR) is 113 cm³/mol. The fraction of sp³-hybridized carbons (Fsp3) is 0.0526. The minimum atomic E-state index is -3.99. The standard InChI is InChI=1S/C19H17ClN2O5S2/c1-27-18-11-4-3-10-17(18)22-28(23,24)15-8-6-7-14(13-15)21-29(25,26)19-12-5-2-9-16(19)20/h2-13,21-22H,1H3. The van der Waals surface area contributed by atoms with Gasteiger partial charge in [0.05, 0.1) is 28.4 Å². The number of halogens is 1. The van der Waals surface area contributed by atoms with E-state index in [1.807, 2.05) is 0 Å². The Morgan fingerprint density at radius 1 is 0.793 bits per heavy atom. The summed E-state index contributed by atoms with van der Waals surface area (Å²) < 4.78 is 60.6. The molecule has 0 heterocycles. The topological polar surface area (TPSA) is 102 Å². The van der Waals surface area contributed by atoms with E-state index in [2.05, 4.69) is 9.44 Å². The summed E-state index contributed by atoms with van der Waals surface area (Å²) in [7, 11) is -6.55. The summed E-state index contributed by atoms with van der Waals surface area (Å²) in [6.07, 6.45) is 0. The predicted octanol–water partition coefficient (Wildman–Crippen LogP) is 3.95. The summed E-state index contributed by atoms with van der Waals surface area (Å²) in [5.74, 6) is 0.353. The fourth-order valence-corrected chi connectivity index (χ4v) is 5.22. The van der Waals surface area contributed by atoms with Crippen molar-refractivity contribution in [3.8, 4) is 5.75 Å². The molecule has 0 atom stereocenters. The number of hydrogen-bond donors (Lipinski definition) is 2. The molecule has 0 saturated heterocycles. The molecule has 0 fully saturated rings. The lowest BCUT2D eigenvalue weighted by Crippen LogP contribution is -2.16. The van der Waals surface area contributed by atoms with Gasteiger partial charge in [0.15, 0.2) is 0 Å². The molecule has 7 nitrogen and oxygen atoms in total. The van der Waals surface area contributed by atoms with Gasteiger partial charge in [-0.1, -0.05) is 41.9 Å². The van der Waals surface area contributed by atoms with Crippen molar-refractivity contribution in [2.75, 3.05) is 16.6 Å². The summed E-state index contributed by atoms with van der Waals surface area (Å²) in [5, 5.41) is 0.0571. The van der Waals surface area contributed by atoms with E-state index in [1.165, 1.54) is 43.5 Å². The van der Waals surface area contributed by atoms with Gasteiger partial charge >= 0.3 is 0 Å². The van der Waals surface area contributed by atoms with E-state index in [1.54, 1.807) is 36.4 Å². The third-order valence-corrected chi connectivity index (χ3v) is 7.12. The number of hydrogen-bond acceptors (Lipinski definition) is 5. The summed E-state index contributed by atoms with van der Waals surface area (Å²) in [6, 6.07) is 17.9. The van der Waals surface area contributed by atoms with Crippen molar-refractivity contribution in [3.63, 3.8) is 0 Å². The van der Waals surface area contributed by atoms with Gasteiger partial charge in [-0.25, -0.2) is 16.8 Å². The monoisotopic (exact) mass is 452 g/mol. The summed E-state index contributed by atoms with van der Waals surface area (Å²) in [5.41, 5.74) is 0.338. The minimum Gasteiger partial charge on any atom is -0.495 e. The normalized spacial score (nSPS) is 11.7. The first-order valence-electron chi connectivity index (χ1n) is 8.26. The molecule has 3 rings (SSSR count). The maximum atomic E-state index is 12.7. The second-order valence-electron chi connectivity index (χ2n) is 5.87. The Balaban J connectivity index is 1.90. The maximum Gasteiger partial charge on any atom is 0.263 e. The number of benzene rings is 3. The Bertz CT molecular complexity index is 1240. The molecule has 0 unspecified atom stereocenters. The minimum absolute atomic E-state index is 0.0571. The van der Waals surface area contributed by atoms with Crippen LogP contribution in [0.2, 0.25) is 5.02 Å². The maximum absolute atomic E-state index is 12.7. The fourth-order valence-electron chi connectivity index (χ4n) is 2.53. The van der Waals surface area contributed by atoms with Crippen LogP contribution in [0, 0.1) is 0 Å². The summed E-state index contributed by atoms with van der Waals surface area (Å²) in [4.78, 5) is -0.232. The van der Waals surface area contributed by atoms with E-state index in [9.17, 15) is 16.8 Å². The van der Waals surface area contributed by atoms with Crippen LogP contribution in [0.3, 0.4) is 0 Å². The SMILES string of the molecule is COc1ccccc1NS(=O)(=O)c1cccc(NS(=O)(=O)c2ccccc2Cl)c1. The molecule has 0 aliphatic heterocycles. The molecule has 0 radical (unpaired) electrons. The summed E-state index contributed by atoms with van der Waals surface area (Å²) in [6.45, 7) is 0. The number of anilines is 2. The zero-order valence-corrected chi connectivity index (χ0v) is 17.6. The Kier molecular flexibility index (Phi) is 6.02. The molecule has 0 aromatic heterocycles. The number of methoxy groups -OCH3 is 1. The Hall–Kier alpha value is -2.75. The first-order valence-corrected chi connectivity index (χ1v) is 11.6. The molecule has 0 aliphatic carbocycles. The van der Waals surface area contributed by atoms with Crippen LogP contribution in [0.5, 0.6) is 5.75 Å². The largest absolute Gasteiger partial charge is 0.495 e. The molecule has 0 aliphatic rings. The van der Waals surface area contributed by atoms with Crippen molar-refractivity contribution in [1.29, 1.82) is 0 Å². The number of ether oxygens (including phenoxy) is 1. The highest BCUT2D eigenvalue weighted by Gasteiger charge is 2.20. The Morgan fingerprint density at radius 3 is 2.21 bits per heavy atom. The number of para-hydroxylation sites is 2. The zero-order chi connectivity index (χ0) is 21.1. The van der Waals surface area contributed by atoms with Crippen LogP contribution in [0.15, 0.2) is 82.6 Å². The molecule has 0 bridgehead atoms. The number of rotatable bonds is 7. The molecular weight excluding hydrogens is 436 g/mol. The van der Waals surface area contributed by atoms with Crippen LogP contribution >= 0.6 is 11.6 Å². The van der Waals surface area contributed by atoms with Crippen molar-refractivity contribution < 1.29 is 21.6 Å². The highest BCUT2D eigenvalue weighted by molar-refractivity contribution is 7.93. The van der Waals surface area contributed by atoms with Gasteiger partial charge in [-0.2, -0.15) is 0 Å². The highest BCUT2D eigenvalue weighted by atomic mass is 35.5. The molecule has 3 aromatic rings. The number of nitrogens with one attached hydrogen (secondary N) is 2. The molecule has 0 amide bonds. The van der Waals surface area contributed by atoms with Crippen LogP contribution in [-0.4, -0.2) is 23.9 Å². The highest BCUT2D eigenvalue weighted by Crippen LogP contribution is 2.28. The zero-order valence-electron chi connectivity index (χ0n) is 15.2. The molecule has 152 valence electrons. The van der Waals surface area contributed by atoms with Gasteiger partial charge in [-0.15, -0.1) is 0 Å². The average Bonchev–Trinajstić information content (AvgIpc) is 2.68. The first-order chi connectivity index (χ1) is 13.7. The van der Waals surface area contributed by atoms with E-state index in [0.717, 1.165) is 0 Å². The van der Waals surface area contributed by atoms with Gasteiger partial charge in [0.25, 0.3) is 20.0 Å². The van der Waals surface area contributed by atoms with Crippen molar-refractivity contribution >= 4 is 43.0 Å². The lowest BCUT2D eigenvalue weighted by atomic mass is 10.3. The van der Waals surface area contributed by atoms with Crippen molar-refractivity contribution in [3.05, 3.63) is 77.8 Å². The second kappa shape index (κ2) is 8.32. The van der Waals surface area contributed by atoms with Crippen LogP contribution in [0.1, 0.15) is 0 Å². The lowest BCUT2D eigenvalue weighted by Gasteiger charge is -2.13. The van der Waals surface area contributed by atoms with E-state index in [0.29, 0.717) is 5.75 Å². The first kappa shape index (κ1) is 21.0. The van der Waals surface area contributed by atoms with Gasteiger partial charge < -0.3 is 4.74 Å². The van der Waals surface area contributed by atoms with Gasteiger partial charge in [-0.3, -0.25) is 9.44 Å². The third kappa shape index (κ3) is 4.81. The van der Waals surface area contributed by atoms with Crippen LogP contribution in [-0.2, 0) is 20.0 Å². The quantitative estimate of drug-likeness (QED) is 0.565. The molecular formula is C19H17ClN2O5S2. The smallest absolute Gasteiger partial charge is 0.263 e. The Morgan fingerprint density at radius 2 is 1.48 bits per heavy atom. The average molecular weight is 453 g/mol. The summed E-state index contributed by atoms with van der Waals surface area (Å²) >= 11 is 5.96. The van der Waals surface area contributed by atoms with Crippen molar-refractivity contribution in [1.82, 2.24) is 0 Å². The second-order valence-corrected chi connectivity index (χ2v) is 9.61. The third-order valence-electron chi connectivity index (χ3n) is 3.87. The Labute approximate surface area is 174 Å². The molecule has 29 heavy (non-hydrogen) atoms. The van der Waals surface area contributed by atoms with E-state index in [4.69, 9.17) is 16.3 Å². The molecule has 10 heteroatoms. The van der Waals surface area contributed by atoms with Crippen LogP contribution in [0.25, 0.3) is 0 Å². The van der Waals surface area contributed by atoms with Crippen LogP contribution in [0.4, 0.5) is 11.4 Å². The molecule has 3 aromatic carbocycles. The number of sulfonamides is 2. The van der Waals surface area contributed by atoms with Gasteiger partial charge in [-0.05, 0) is 42.5 Å².